The van der Waals surface area contributed by atoms with Crippen LogP contribution in [0.4, 0.5) is 5.82 Å². The standard InChI is InChI=1S/C18H27N7O/c1-12-13(2)21-16(18(26)23(3)4)22-17(12)25-7-6-14(10-25)20-9-15-8-19-11-24(15)5/h8,11,14,20H,6-7,9-10H2,1-5H3/t14-/m1/s1. The Balaban J connectivity index is 1.71. The summed E-state index contributed by atoms with van der Waals surface area (Å²) >= 11 is 0. The molecule has 1 amide bonds. The molecule has 26 heavy (non-hydrogen) atoms. The summed E-state index contributed by atoms with van der Waals surface area (Å²) in [5.41, 5.74) is 3.05. The third kappa shape index (κ3) is 3.70. The lowest BCUT2D eigenvalue weighted by molar-refractivity contribution is 0.0815. The van der Waals surface area contributed by atoms with Gasteiger partial charge in [0, 0.05) is 64.3 Å². The highest BCUT2D eigenvalue weighted by Crippen LogP contribution is 2.24. The summed E-state index contributed by atoms with van der Waals surface area (Å²) < 4.78 is 2.02. The molecule has 1 aliphatic heterocycles. The summed E-state index contributed by atoms with van der Waals surface area (Å²) in [4.78, 5) is 29.1. The summed E-state index contributed by atoms with van der Waals surface area (Å²) in [7, 11) is 5.44. The van der Waals surface area contributed by atoms with E-state index in [9.17, 15) is 4.79 Å². The van der Waals surface area contributed by atoms with Crippen molar-refractivity contribution in [1.29, 1.82) is 0 Å². The van der Waals surface area contributed by atoms with Gasteiger partial charge in [-0.15, -0.1) is 0 Å². The molecule has 0 unspecified atom stereocenters. The fourth-order valence-corrected chi connectivity index (χ4v) is 3.14. The van der Waals surface area contributed by atoms with Crippen molar-refractivity contribution in [2.75, 3.05) is 32.1 Å². The van der Waals surface area contributed by atoms with Gasteiger partial charge < -0.3 is 19.7 Å². The molecule has 1 N–H and O–H groups in total. The van der Waals surface area contributed by atoms with Crippen molar-refractivity contribution in [3.8, 4) is 0 Å². The summed E-state index contributed by atoms with van der Waals surface area (Å²) in [6.07, 6.45) is 4.74. The van der Waals surface area contributed by atoms with E-state index in [1.165, 1.54) is 4.90 Å². The summed E-state index contributed by atoms with van der Waals surface area (Å²) in [6.45, 7) is 6.52. The molecule has 0 bridgehead atoms. The molecule has 0 aliphatic carbocycles. The summed E-state index contributed by atoms with van der Waals surface area (Å²) in [6, 6.07) is 0.382. The van der Waals surface area contributed by atoms with E-state index >= 15 is 0 Å². The van der Waals surface area contributed by atoms with Gasteiger partial charge in [-0.2, -0.15) is 0 Å². The molecule has 0 spiro atoms. The van der Waals surface area contributed by atoms with Gasteiger partial charge in [0.1, 0.15) is 5.82 Å². The van der Waals surface area contributed by atoms with Crippen LogP contribution in [0.5, 0.6) is 0 Å². The SMILES string of the molecule is Cc1nc(C(=O)N(C)C)nc(N2CC[C@@H](NCc3cncn3C)C2)c1C. The van der Waals surface area contributed by atoms with E-state index in [1.54, 1.807) is 14.1 Å². The fourth-order valence-electron chi connectivity index (χ4n) is 3.14. The van der Waals surface area contributed by atoms with Crippen molar-refractivity contribution in [3.63, 3.8) is 0 Å². The van der Waals surface area contributed by atoms with Crippen LogP contribution in [0.1, 0.15) is 34.0 Å². The number of anilines is 1. The topological polar surface area (TPSA) is 79.2 Å². The van der Waals surface area contributed by atoms with Crippen molar-refractivity contribution in [2.45, 2.75) is 32.9 Å². The third-order valence-corrected chi connectivity index (χ3v) is 4.94. The van der Waals surface area contributed by atoms with E-state index < -0.39 is 0 Å². The molecular weight excluding hydrogens is 330 g/mol. The van der Waals surface area contributed by atoms with Crippen LogP contribution >= 0.6 is 0 Å². The van der Waals surface area contributed by atoms with E-state index in [-0.39, 0.29) is 11.7 Å². The average molecular weight is 357 g/mol. The van der Waals surface area contributed by atoms with Crippen LogP contribution in [0.2, 0.25) is 0 Å². The quantitative estimate of drug-likeness (QED) is 0.856. The molecule has 0 radical (unpaired) electrons. The first kappa shape index (κ1) is 18.3. The van der Waals surface area contributed by atoms with Gasteiger partial charge in [0.05, 0.1) is 12.0 Å². The predicted molar refractivity (Wildman–Crippen MR) is 100 cm³/mol. The summed E-state index contributed by atoms with van der Waals surface area (Å²) in [5.74, 6) is 0.964. The number of amides is 1. The lowest BCUT2D eigenvalue weighted by Crippen LogP contribution is -2.33. The van der Waals surface area contributed by atoms with Crippen LogP contribution in [0.3, 0.4) is 0 Å². The van der Waals surface area contributed by atoms with Crippen LogP contribution in [-0.4, -0.2) is 63.6 Å². The molecule has 8 nitrogen and oxygen atoms in total. The first-order valence-electron chi connectivity index (χ1n) is 8.87. The molecule has 0 aromatic carbocycles. The smallest absolute Gasteiger partial charge is 0.291 e. The molecule has 8 heteroatoms. The van der Waals surface area contributed by atoms with Crippen LogP contribution in [0, 0.1) is 13.8 Å². The van der Waals surface area contributed by atoms with Crippen LogP contribution < -0.4 is 10.2 Å². The Labute approximate surface area is 154 Å². The molecule has 3 rings (SSSR count). The monoisotopic (exact) mass is 357 g/mol. The zero-order chi connectivity index (χ0) is 18.8. The van der Waals surface area contributed by atoms with Crippen molar-refractivity contribution in [3.05, 3.63) is 35.3 Å². The minimum Gasteiger partial charge on any atom is -0.355 e. The highest BCUT2D eigenvalue weighted by molar-refractivity contribution is 5.90. The first-order chi connectivity index (χ1) is 12.4. The Kier molecular flexibility index (Phi) is 5.22. The maximum Gasteiger partial charge on any atom is 0.291 e. The van der Waals surface area contributed by atoms with E-state index in [1.807, 2.05) is 38.0 Å². The lowest BCUT2D eigenvalue weighted by Gasteiger charge is -2.22. The van der Waals surface area contributed by atoms with E-state index in [0.717, 1.165) is 48.8 Å². The number of aromatic nitrogens is 4. The number of nitrogens with one attached hydrogen (secondary N) is 1. The fraction of sp³-hybridized carbons (Fsp3) is 0.556. The number of carbonyl (C=O) groups is 1. The summed E-state index contributed by atoms with van der Waals surface area (Å²) in [5, 5.41) is 3.59. The first-order valence-corrected chi connectivity index (χ1v) is 8.87. The van der Waals surface area contributed by atoms with E-state index in [0.29, 0.717) is 6.04 Å². The molecular formula is C18H27N7O. The Morgan fingerprint density at radius 1 is 1.35 bits per heavy atom. The largest absolute Gasteiger partial charge is 0.355 e. The van der Waals surface area contributed by atoms with Crippen LogP contribution in [0.15, 0.2) is 12.5 Å². The minimum atomic E-state index is -0.167. The van der Waals surface area contributed by atoms with E-state index in [4.69, 9.17) is 0 Å². The number of carbonyl (C=O) groups excluding carboxylic acids is 1. The van der Waals surface area contributed by atoms with Crippen molar-refractivity contribution in [2.24, 2.45) is 7.05 Å². The second-order valence-electron chi connectivity index (χ2n) is 7.09. The number of hydrogen-bond acceptors (Lipinski definition) is 6. The predicted octanol–water partition coefficient (Wildman–Crippen LogP) is 0.897. The second-order valence-corrected chi connectivity index (χ2v) is 7.09. The van der Waals surface area contributed by atoms with Gasteiger partial charge in [0.25, 0.3) is 5.91 Å². The lowest BCUT2D eigenvalue weighted by atomic mass is 10.2. The Morgan fingerprint density at radius 2 is 2.12 bits per heavy atom. The molecule has 1 atom stereocenters. The number of hydrogen-bond donors (Lipinski definition) is 1. The van der Waals surface area contributed by atoms with Gasteiger partial charge in [-0.05, 0) is 20.3 Å². The highest BCUT2D eigenvalue weighted by atomic mass is 16.2. The van der Waals surface area contributed by atoms with Gasteiger partial charge in [-0.1, -0.05) is 0 Å². The molecule has 3 heterocycles. The van der Waals surface area contributed by atoms with Gasteiger partial charge in [-0.25, -0.2) is 15.0 Å². The number of aryl methyl sites for hydroxylation is 2. The van der Waals surface area contributed by atoms with Gasteiger partial charge >= 0.3 is 0 Å². The molecule has 1 fully saturated rings. The van der Waals surface area contributed by atoms with Gasteiger partial charge in [0.15, 0.2) is 0 Å². The highest BCUT2D eigenvalue weighted by Gasteiger charge is 2.26. The second kappa shape index (κ2) is 7.41. The Hall–Kier alpha value is -2.48. The minimum absolute atomic E-state index is 0.167. The molecule has 1 saturated heterocycles. The zero-order valence-electron chi connectivity index (χ0n) is 16.2. The number of imidazole rings is 1. The molecule has 2 aromatic rings. The number of rotatable bonds is 5. The van der Waals surface area contributed by atoms with Crippen LogP contribution in [0.25, 0.3) is 0 Å². The van der Waals surface area contributed by atoms with Gasteiger partial charge in [-0.3, -0.25) is 4.79 Å². The average Bonchev–Trinajstić information content (AvgIpc) is 3.23. The van der Waals surface area contributed by atoms with Gasteiger partial charge in [0.2, 0.25) is 5.82 Å². The normalized spacial score (nSPS) is 17.0. The van der Waals surface area contributed by atoms with E-state index in [2.05, 4.69) is 25.2 Å². The Bertz CT molecular complexity index is 799. The third-order valence-electron chi connectivity index (χ3n) is 4.94. The van der Waals surface area contributed by atoms with Crippen molar-refractivity contribution >= 4 is 11.7 Å². The van der Waals surface area contributed by atoms with Crippen molar-refractivity contribution in [1.82, 2.24) is 29.7 Å². The maximum absolute atomic E-state index is 12.3. The van der Waals surface area contributed by atoms with Crippen molar-refractivity contribution < 1.29 is 4.79 Å². The molecule has 2 aromatic heterocycles. The zero-order valence-corrected chi connectivity index (χ0v) is 16.2. The molecule has 0 saturated carbocycles. The molecule has 140 valence electrons. The Morgan fingerprint density at radius 3 is 2.77 bits per heavy atom. The maximum atomic E-state index is 12.3. The van der Waals surface area contributed by atoms with Crippen LogP contribution in [-0.2, 0) is 13.6 Å². The molecule has 1 aliphatic rings. The number of nitrogens with zero attached hydrogens (tertiary/aromatic N) is 6.